The quantitative estimate of drug-likeness (QED) is 0.550. The summed E-state index contributed by atoms with van der Waals surface area (Å²) in [5.41, 5.74) is 5.09. The molecule has 144 valence electrons. The Kier molecular flexibility index (Phi) is 5.57. The number of anilines is 1. The first-order valence-electron chi connectivity index (χ1n) is 8.47. The van der Waals surface area contributed by atoms with Crippen LogP contribution in [0, 0.1) is 6.92 Å². The van der Waals surface area contributed by atoms with Crippen molar-refractivity contribution >= 4 is 42.7 Å². The number of nitrogens with zero attached hydrogens (tertiary/aromatic N) is 1. The second kappa shape index (κ2) is 7.41. The number of aryl methyl sites for hydroxylation is 1. The summed E-state index contributed by atoms with van der Waals surface area (Å²) in [5, 5.41) is 5.11. The molecule has 0 amide bonds. The first kappa shape index (κ1) is 19.5. The van der Waals surface area contributed by atoms with E-state index < -0.39 is 19.7 Å². The summed E-state index contributed by atoms with van der Waals surface area (Å²) in [6.45, 7) is 1.99. The van der Waals surface area contributed by atoms with Crippen LogP contribution in [0.5, 0.6) is 0 Å². The summed E-state index contributed by atoms with van der Waals surface area (Å²) in [6.07, 6.45) is 0.954. The van der Waals surface area contributed by atoms with E-state index in [1.807, 2.05) is 31.2 Å². The van der Waals surface area contributed by atoms with Gasteiger partial charge in [0, 0.05) is 11.7 Å². The van der Waals surface area contributed by atoms with Crippen LogP contribution in [0.15, 0.2) is 24.3 Å². The summed E-state index contributed by atoms with van der Waals surface area (Å²) in [6, 6.07) is 7.12. The summed E-state index contributed by atoms with van der Waals surface area (Å²) < 4.78 is 47.3. The highest BCUT2D eigenvalue weighted by molar-refractivity contribution is 7.92. The highest BCUT2D eigenvalue weighted by Crippen LogP contribution is 2.20. The Balaban J connectivity index is 1.75. The molecular weight excluding hydrogens is 394 g/mol. The molecular formula is C16H23N3O4S3. The normalized spacial score (nSPS) is 26.5. The van der Waals surface area contributed by atoms with Crippen molar-refractivity contribution in [1.29, 1.82) is 0 Å². The van der Waals surface area contributed by atoms with Gasteiger partial charge in [0.15, 0.2) is 24.8 Å². The number of sulfone groups is 2. The number of nitrogens with one attached hydrogen (secondary N) is 2. The molecule has 2 atom stereocenters. The standard InChI is InChI=1S/C16H23N3O4S3/c1-12-2-4-13(5-3-12)17-16(24)19(15-7-9-26(22,23)11-15)18-14-6-8-25(20,21)10-14/h2-5,14-15,18H,6-11H2,1H3,(H,17,24)/t14-,15+/m0/s1. The van der Waals surface area contributed by atoms with Gasteiger partial charge >= 0.3 is 0 Å². The van der Waals surface area contributed by atoms with Gasteiger partial charge in [0.1, 0.15) is 0 Å². The topological polar surface area (TPSA) is 95.6 Å². The second-order valence-electron chi connectivity index (χ2n) is 6.95. The van der Waals surface area contributed by atoms with Crippen molar-refractivity contribution in [1.82, 2.24) is 10.4 Å². The molecule has 7 nitrogen and oxygen atoms in total. The van der Waals surface area contributed by atoms with Crippen LogP contribution >= 0.6 is 12.2 Å². The number of thiocarbonyl (C=S) groups is 1. The zero-order chi connectivity index (χ0) is 18.9. The average molecular weight is 418 g/mol. The molecule has 2 aliphatic heterocycles. The molecule has 0 bridgehead atoms. The van der Waals surface area contributed by atoms with Gasteiger partial charge in [0.25, 0.3) is 0 Å². The van der Waals surface area contributed by atoms with Gasteiger partial charge in [-0.25, -0.2) is 22.3 Å². The number of benzene rings is 1. The molecule has 1 aromatic rings. The average Bonchev–Trinajstić information content (AvgIpc) is 3.08. The third kappa shape index (κ3) is 4.93. The van der Waals surface area contributed by atoms with Crippen LogP contribution in [0.1, 0.15) is 18.4 Å². The Morgan fingerprint density at radius 2 is 1.65 bits per heavy atom. The van der Waals surface area contributed by atoms with Crippen molar-refractivity contribution in [2.45, 2.75) is 31.8 Å². The third-order valence-electron chi connectivity index (χ3n) is 4.65. The van der Waals surface area contributed by atoms with Gasteiger partial charge in [-0.15, -0.1) is 0 Å². The van der Waals surface area contributed by atoms with E-state index >= 15 is 0 Å². The maximum absolute atomic E-state index is 11.9. The Morgan fingerprint density at radius 3 is 2.19 bits per heavy atom. The van der Waals surface area contributed by atoms with Crippen molar-refractivity contribution in [3.63, 3.8) is 0 Å². The molecule has 0 aromatic heterocycles. The smallest absolute Gasteiger partial charge is 0.188 e. The fourth-order valence-electron chi connectivity index (χ4n) is 3.22. The predicted molar refractivity (Wildman–Crippen MR) is 106 cm³/mol. The van der Waals surface area contributed by atoms with Gasteiger partial charge in [-0.1, -0.05) is 17.7 Å². The van der Waals surface area contributed by atoms with Crippen molar-refractivity contribution < 1.29 is 16.8 Å². The van der Waals surface area contributed by atoms with Gasteiger partial charge in [0.05, 0.1) is 29.1 Å². The molecule has 2 aliphatic rings. The Bertz CT molecular complexity index is 882. The highest BCUT2D eigenvalue weighted by atomic mass is 32.2. The first-order valence-corrected chi connectivity index (χ1v) is 12.5. The van der Waals surface area contributed by atoms with Gasteiger partial charge in [-0.05, 0) is 44.1 Å². The molecule has 0 unspecified atom stereocenters. The van der Waals surface area contributed by atoms with E-state index in [9.17, 15) is 16.8 Å². The van der Waals surface area contributed by atoms with Gasteiger partial charge < -0.3 is 5.32 Å². The molecule has 3 rings (SSSR count). The van der Waals surface area contributed by atoms with Crippen molar-refractivity contribution in [2.24, 2.45) is 0 Å². The van der Waals surface area contributed by atoms with Crippen LogP contribution in [0.3, 0.4) is 0 Å². The lowest BCUT2D eigenvalue weighted by Crippen LogP contribution is -2.55. The summed E-state index contributed by atoms with van der Waals surface area (Å²) >= 11 is 5.50. The monoisotopic (exact) mass is 417 g/mol. The van der Waals surface area contributed by atoms with Crippen LogP contribution in [0.25, 0.3) is 0 Å². The summed E-state index contributed by atoms with van der Waals surface area (Å²) in [5.74, 6) is 0.302. The van der Waals surface area contributed by atoms with E-state index in [0.29, 0.717) is 18.0 Å². The Morgan fingerprint density at radius 1 is 1.04 bits per heavy atom. The van der Waals surface area contributed by atoms with Gasteiger partial charge in [-0.2, -0.15) is 0 Å². The second-order valence-corrected chi connectivity index (χ2v) is 11.8. The van der Waals surface area contributed by atoms with E-state index in [1.54, 1.807) is 5.01 Å². The Hall–Kier alpha value is -1.23. The van der Waals surface area contributed by atoms with Gasteiger partial charge in [0.2, 0.25) is 0 Å². The lowest BCUT2D eigenvalue weighted by atomic mass is 10.2. The number of rotatable bonds is 4. The maximum Gasteiger partial charge on any atom is 0.188 e. The number of hydrogen-bond acceptors (Lipinski definition) is 6. The molecule has 2 heterocycles. The van der Waals surface area contributed by atoms with E-state index in [2.05, 4.69) is 10.7 Å². The zero-order valence-electron chi connectivity index (χ0n) is 14.5. The first-order chi connectivity index (χ1) is 12.1. The molecule has 10 heteroatoms. The molecule has 2 saturated heterocycles. The van der Waals surface area contributed by atoms with Crippen molar-refractivity contribution in [3.05, 3.63) is 29.8 Å². The lowest BCUT2D eigenvalue weighted by Gasteiger charge is -2.33. The number of hydrazine groups is 1. The van der Waals surface area contributed by atoms with Crippen LogP contribution in [-0.2, 0) is 19.7 Å². The summed E-state index contributed by atoms with van der Waals surface area (Å²) in [7, 11) is -6.14. The van der Waals surface area contributed by atoms with Crippen LogP contribution in [0.2, 0.25) is 0 Å². The fourth-order valence-corrected chi connectivity index (χ4v) is 6.91. The molecule has 0 saturated carbocycles. The largest absolute Gasteiger partial charge is 0.332 e. The van der Waals surface area contributed by atoms with Gasteiger partial charge in [-0.3, -0.25) is 5.01 Å². The van der Waals surface area contributed by atoms with E-state index in [0.717, 1.165) is 11.3 Å². The zero-order valence-corrected chi connectivity index (χ0v) is 17.0. The fraction of sp³-hybridized carbons (Fsp3) is 0.562. The molecule has 1 aromatic carbocycles. The van der Waals surface area contributed by atoms with E-state index in [4.69, 9.17) is 12.2 Å². The minimum absolute atomic E-state index is 0.00911. The molecule has 0 radical (unpaired) electrons. The number of hydrogen-bond donors (Lipinski definition) is 2. The predicted octanol–water partition coefficient (Wildman–Crippen LogP) is 0.873. The molecule has 2 fully saturated rings. The van der Waals surface area contributed by atoms with E-state index in [-0.39, 0.29) is 35.1 Å². The van der Waals surface area contributed by atoms with Crippen LogP contribution in [0.4, 0.5) is 5.69 Å². The van der Waals surface area contributed by atoms with Crippen LogP contribution in [-0.4, -0.2) is 62.1 Å². The van der Waals surface area contributed by atoms with Crippen molar-refractivity contribution in [2.75, 3.05) is 28.3 Å². The molecule has 26 heavy (non-hydrogen) atoms. The highest BCUT2D eigenvalue weighted by Gasteiger charge is 2.37. The molecule has 0 aliphatic carbocycles. The minimum atomic E-state index is -3.10. The molecule has 0 spiro atoms. The van der Waals surface area contributed by atoms with Crippen molar-refractivity contribution in [3.8, 4) is 0 Å². The maximum atomic E-state index is 11.9. The third-order valence-corrected chi connectivity index (χ3v) is 8.47. The van der Waals surface area contributed by atoms with E-state index in [1.165, 1.54) is 0 Å². The Labute approximate surface area is 160 Å². The van der Waals surface area contributed by atoms with Crippen LogP contribution < -0.4 is 10.7 Å². The summed E-state index contributed by atoms with van der Waals surface area (Å²) in [4.78, 5) is 0. The molecule has 2 N–H and O–H groups in total. The SMILES string of the molecule is Cc1ccc(NC(=S)N(N[C@H]2CCS(=O)(=O)C2)[C@@H]2CCS(=O)(=O)C2)cc1. The minimum Gasteiger partial charge on any atom is -0.332 e. The lowest BCUT2D eigenvalue weighted by molar-refractivity contribution is 0.220.